The van der Waals surface area contributed by atoms with Gasteiger partial charge >= 0.3 is 12.2 Å². The summed E-state index contributed by atoms with van der Waals surface area (Å²) in [5.41, 5.74) is 3.99. The molecule has 1 unspecified atom stereocenters. The van der Waals surface area contributed by atoms with Crippen molar-refractivity contribution in [2.75, 3.05) is 27.2 Å². The molecule has 0 radical (unpaired) electrons. The third-order valence-electron chi connectivity index (χ3n) is 9.44. The third kappa shape index (κ3) is 6.86. The number of hydrogen-bond acceptors (Lipinski definition) is 9. The summed E-state index contributed by atoms with van der Waals surface area (Å²) in [5, 5.41) is 11.8. The Labute approximate surface area is 288 Å². The molecule has 0 spiro atoms. The first-order valence-electron chi connectivity index (χ1n) is 16.5. The maximum atomic E-state index is 13.1. The summed E-state index contributed by atoms with van der Waals surface area (Å²) < 4.78 is 4.62. The lowest BCUT2D eigenvalue weighted by Gasteiger charge is -2.29. The number of aromatic amines is 2. The van der Waals surface area contributed by atoms with Gasteiger partial charge in [-0.15, -0.1) is 0 Å². The molecule has 2 aliphatic rings. The fourth-order valence-electron chi connectivity index (χ4n) is 6.47. The van der Waals surface area contributed by atoms with Crippen molar-refractivity contribution < 1.29 is 29.0 Å². The number of benzene rings is 1. The minimum atomic E-state index is -1.15. The molecule has 2 fully saturated rings. The van der Waals surface area contributed by atoms with E-state index in [0.717, 1.165) is 58.7 Å². The Morgan fingerprint density at radius 1 is 0.820 bits per heavy atom. The maximum absolute atomic E-state index is 13.1. The Bertz CT molecular complexity index is 1860. The van der Waals surface area contributed by atoms with Crippen LogP contribution in [0.3, 0.4) is 0 Å². The lowest BCUT2D eigenvalue weighted by molar-refractivity contribution is -0.136. The molecule has 0 saturated carbocycles. The van der Waals surface area contributed by atoms with Gasteiger partial charge in [-0.25, -0.2) is 29.5 Å². The number of carboxylic acid groups (broad SMARTS) is 1. The van der Waals surface area contributed by atoms with Crippen molar-refractivity contribution in [2.45, 2.75) is 63.7 Å². The highest BCUT2D eigenvalue weighted by Crippen LogP contribution is 2.34. The molecule has 0 bridgehead atoms. The van der Waals surface area contributed by atoms with Gasteiger partial charge in [-0.05, 0) is 45.1 Å². The predicted octanol–water partition coefficient (Wildman–Crippen LogP) is 3.99. The summed E-state index contributed by atoms with van der Waals surface area (Å²) in [6.45, 7) is 4.34. The lowest BCUT2D eigenvalue weighted by Crippen LogP contribution is -2.47. The molecule has 16 nitrogen and oxygen atoms in total. The highest BCUT2D eigenvalue weighted by Gasteiger charge is 2.37. The van der Waals surface area contributed by atoms with Gasteiger partial charge in [0.25, 0.3) is 0 Å². The number of amides is 4. The molecule has 4 aromatic rings. The Hall–Kier alpha value is -5.80. The van der Waals surface area contributed by atoms with E-state index in [4.69, 9.17) is 0 Å². The topological polar surface area (TPSA) is 203 Å². The molecule has 262 valence electrons. The molecule has 6 rings (SSSR count). The average Bonchev–Trinajstić information content (AvgIpc) is 3.97. The van der Waals surface area contributed by atoms with Crippen molar-refractivity contribution in [3.8, 4) is 33.9 Å². The monoisotopic (exact) mass is 684 g/mol. The normalized spacial score (nSPS) is 18.5. The highest BCUT2D eigenvalue weighted by atomic mass is 16.5. The van der Waals surface area contributed by atoms with Crippen LogP contribution >= 0.6 is 0 Å². The van der Waals surface area contributed by atoms with Gasteiger partial charge in [0.15, 0.2) is 5.82 Å². The van der Waals surface area contributed by atoms with E-state index in [-0.39, 0.29) is 23.9 Å². The molecule has 2 aliphatic heterocycles. The van der Waals surface area contributed by atoms with E-state index in [0.29, 0.717) is 30.6 Å². The number of likely N-dealkylation sites (tertiary alicyclic amines) is 2. The van der Waals surface area contributed by atoms with Crippen LogP contribution in [0, 0.1) is 0 Å². The standard InChI is InChI=1S/C34H40N10O6/c1-19(39-33(47)50-4)31(45)43-13-5-7-26(43)29-38-18-25(41-29)23-15-35-28(36-16-23)22-11-9-21(10-12-22)24-17-37-30(40-24)27-8-6-14-44(27)32(46)20(2)42(3)34(48)49/h9-12,15-20,26-27H,5-8,13-14H2,1-4H3,(H,37,40)(H,38,41)(H,39,47)(H,48,49)/t19-,20?,26-,27-/m0/s1. The van der Waals surface area contributed by atoms with Gasteiger partial charge in [0.2, 0.25) is 11.8 Å². The summed E-state index contributed by atoms with van der Waals surface area (Å²) in [4.78, 5) is 78.5. The Morgan fingerprint density at radius 3 is 1.88 bits per heavy atom. The van der Waals surface area contributed by atoms with Crippen molar-refractivity contribution in [3.05, 3.63) is 60.7 Å². The van der Waals surface area contributed by atoms with Gasteiger partial charge in [0, 0.05) is 43.7 Å². The van der Waals surface area contributed by atoms with Gasteiger partial charge < -0.3 is 34.9 Å². The zero-order chi connectivity index (χ0) is 35.5. The third-order valence-corrected chi connectivity index (χ3v) is 9.44. The second-order valence-electron chi connectivity index (χ2n) is 12.5. The minimum Gasteiger partial charge on any atom is -0.465 e. The number of carbonyl (C=O) groups excluding carboxylic acids is 3. The quantitative estimate of drug-likeness (QED) is 0.200. The summed E-state index contributed by atoms with van der Waals surface area (Å²) in [5.74, 6) is 1.42. The van der Waals surface area contributed by atoms with Crippen LogP contribution in [0.4, 0.5) is 9.59 Å². The van der Waals surface area contributed by atoms with Crippen LogP contribution < -0.4 is 5.32 Å². The smallest absolute Gasteiger partial charge is 0.407 e. The van der Waals surface area contributed by atoms with Gasteiger partial charge in [-0.1, -0.05) is 24.3 Å². The van der Waals surface area contributed by atoms with Crippen LogP contribution in [-0.2, 0) is 14.3 Å². The van der Waals surface area contributed by atoms with E-state index in [1.807, 2.05) is 24.3 Å². The number of rotatable bonds is 9. The summed E-state index contributed by atoms with van der Waals surface area (Å²) >= 11 is 0. The van der Waals surface area contributed by atoms with Crippen LogP contribution in [0.15, 0.2) is 49.1 Å². The minimum absolute atomic E-state index is 0.202. The van der Waals surface area contributed by atoms with Crippen molar-refractivity contribution in [2.24, 2.45) is 0 Å². The number of aromatic nitrogens is 6. The zero-order valence-electron chi connectivity index (χ0n) is 28.3. The maximum Gasteiger partial charge on any atom is 0.407 e. The molecular weight excluding hydrogens is 644 g/mol. The van der Waals surface area contributed by atoms with Gasteiger partial charge in [0.05, 0.1) is 43.0 Å². The largest absolute Gasteiger partial charge is 0.465 e. The number of carbonyl (C=O) groups is 4. The van der Waals surface area contributed by atoms with Crippen molar-refractivity contribution in [1.82, 2.24) is 49.9 Å². The van der Waals surface area contributed by atoms with Crippen LogP contribution in [0.1, 0.15) is 63.3 Å². The number of nitrogens with zero attached hydrogens (tertiary/aromatic N) is 7. The number of nitrogens with one attached hydrogen (secondary N) is 3. The van der Waals surface area contributed by atoms with Crippen molar-refractivity contribution in [3.63, 3.8) is 0 Å². The Kier molecular flexibility index (Phi) is 9.79. The zero-order valence-corrected chi connectivity index (χ0v) is 28.3. The number of methoxy groups -OCH3 is 1. The summed E-state index contributed by atoms with van der Waals surface area (Å²) in [6, 6.07) is 5.73. The molecule has 16 heteroatoms. The Balaban J connectivity index is 1.10. The Morgan fingerprint density at radius 2 is 1.34 bits per heavy atom. The van der Waals surface area contributed by atoms with E-state index in [1.54, 1.807) is 48.4 Å². The molecule has 3 aromatic heterocycles. The number of hydrogen-bond donors (Lipinski definition) is 4. The number of likely N-dealkylation sites (N-methyl/N-ethyl adjacent to an activating group) is 1. The number of H-pyrrole nitrogens is 2. The average molecular weight is 685 g/mol. The first-order chi connectivity index (χ1) is 24.0. The number of alkyl carbamates (subject to hydrolysis) is 1. The fourth-order valence-corrected chi connectivity index (χ4v) is 6.47. The molecule has 4 N–H and O–H groups in total. The van der Waals surface area contributed by atoms with E-state index >= 15 is 0 Å². The summed E-state index contributed by atoms with van der Waals surface area (Å²) in [6.07, 6.45) is 8.19. The molecular formula is C34H40N10O6. The van der Waals surface area contributed by atoms with Crippen molar-refractivity contribution >= 4 is 24.0 Å². The molecule has 4 amide bonds. The predicted molar refractivity (Wildman–Crippen MR) is 180 cm³/mol. The second-order valence-corrected chi connectivity index (χ2v) is 12.5. The molecule has 2 saturated heterocycles. The van der Waals surface area contributed by atoms with Gasteiger partial charge in [-0.2, -0.15) is 0 Å². The van der Waals surface area contributed by atoms with Gasteiger partial charge in [0.1, 0.15) is 23.7 Å². The molecule has 1 aromatic carbocycles. The molecule has 0 aliphatic carbocycles. The number of ether oxygens (including phenoxy) is 1. The highest BCUT2D eigenvalue weighted by molar-refractivity contribution is 5.86. The van der Waals surface area contributed by atoms with E-state index in [1.165, 1.54) is 14.2 Å². The van der Waals surface area contributed by atoms with Crippen LogP contribution in [0.2, 0.25) is 0 Å². The van der Waals surface area contributed by atoms with Crippen LogP contribution in [0.5, 0.6) is 0 Å². The summed E-state index contributed by atoms with van der Waals surface area (Å²) in [7, 11) is 2.65. The molecule has 50 heavy (non-hydrogen) atoms. The first-order valence-corrected chi connectivity index (χ1v) is 16.5. The molecule has 5 heterocycles. The van der Waals surface area contributed by atoms with Crippen LogP contribution in [0.25, 0.3) is 33.9 Å². The van der Waals surface area contributed by atoms with E-state index < -0.39 is 24.3 Å². The molecule has 4 atom stereocenters. The van der Waals surface area contributed by atoms with E-state index in [2.05, 4.69) is 40.0 Å². The van der Waals surface area contributed by atoms with Crippen LogP contribution in [-0.4, -0.2) is 113 Å². The second kappa shape index (κ2) is 14.4. The number of imidazole rings is 2. The SMILES string of the molecule is COC(=O)N[C@@H](C)C(=O)N1CCC[C@H]1c1ncc(-c2cnc(-c3ccc(-c4cnc([C@@H]5CCCN5C(=O)C(C)N(C)C(=O)O)[nH]4)cc3)nc2)[nH]1. The van der Waals surface area contributed by atoms with Crippen molar-refractivity contribution in [1.29, 1.82) is 0 Å². The fraction of sp³-hybridized carbons (Fsp3) is 0.412. The first kappa shape index (κ1) is 34.1. The van der Waals surface area contributed by atoms with E-state index in [9.17, 15) is 24.3 Å². The van der Waals surface area contributed by atoms with Gasteiger partial charge in [-0.3, -0.25) is 14.5 Å². The lowest BCUT2D eigenvalue weighted by atomic mass is 10.1.